The van der Waals surface area contributed by atoms with Crippen LogP contribution in [0.4, 0.5) is 4.39 Å². The van der Waals surface area contributed by atoms with Gasteiger partial charge in [0.1, 0.15) is 22.9 Å². The van der Waals surface area contributed by atoms with E-state index in [0.717, 1.165) is 30.1 Å². The van der Waals surface area contributed by atoms with Crippen LogP contribution in [0.5, 0.6) is 5.75 Å². The number of rotatable bonds is 8. The van der Waals surface area contributed by atoms with Crippen LogP contribution >= 0.6 is 45.2 Å². The Morgan fingerprint density at radius 1 is 1.03 bits per heavy atom. The molecule has 4 nitrogen and oxygen atoms in total. The second-order valence-electron chi connectivity index (χ2n) is 7.77. The molecule has 0 saturated heterocycles. The molecular weight excluding hydrogens is 673 g/mol. The summed E-state index contributed by atoms with van der Waals surface area (Å²) in [6.45, 7) is 4.68. The third kappa shape index (κ3) is 5.88. The zero-order valence-corrected chi connectivity index (χ0v) is 23.6. The monoisotopic (exact) mass is 696 g/mol. The topological polar surface area (TPSA) is 48.7 Å². The molecule has 3 aromatic carbocycles. The lowest BCUT2D eigenvalue weighted by Gasteiger charge is -2.12. The van der Waals surface area contributed by atoms with Gasteiger partial charge >= 0.3 is 5.97 Å². The molecule has 7 heteroatoms. The molecule has 180 valence electrons. The quantitative estimate of drug-likeness (QED) is 0.105. The molecule has 0 N–H and O–H groups in total. The smallest absolute Gasteiger partial charge is 0.338 e. The van der Waals surface area contributed by atoms with Crippen molar-refractivity contribution in [3.63, 3.8) is 0 Å². The van der Waals surface area contributed by atoms with Crippen molar-refractivity contribution in [3.8, 4) is 17.1 Å². The molecule has 0 radical (unpaired) electrons. The minimum Gasteiger partial charge on any atom is -0.493 e. The van der Waals surface area contributed by atoms with Crippen LogP contribution in [0.1, 0.15) is 41.8 Å². The van der Waals surface area contributed by atoms with Gasteiger partial charge in [0.25, 0.3) is 0 Å². The number of benzene rings is 3. The van der Waals surface area contributed by atoms with E-state index >= 15 is 0 Å². The number of furan rings is 1. The Labute approximate surface area is 230 Å². The normalized spacial score (nSPS) is 11.3. The van der Waals surface area contributed by atoms with Crippen LogP contribution in [0.3, 0.4) is 0 Å². The van der Waals surface area contributed by atoms with Gasteiger partial charge in [-0.3, -0.25) is 0 Å². The molecule has 4 rings (SSSR count). The highest BCUT2D eigenvalue weighted by Crippen LogP contribution is 2.33. The van der Waals surface area contributed by atoms with Gasteiger partial charge in [-0.2, -0.15) is 0 Å². The number of carbonyl (C=O) groups excluding carboxylic acids is 1. The van der Waals surface area contributed by atoms with Gasteiger partial charge in [-0.15, -0.1) is 0 Å². The molecule has 1 heterocycles. The summed E-state index contributed by atoms with van der Waals surface area (Å²) in [5.74, 6) is 0.661. The number of hydrogen-bond donors (Lipinski definition) is 0. The Bertz CT molecular complexity index is 1410. The van der Waals surface area contributed by atoms with Crippen molar-refractivity contribution in [1.29, 1.82) is 0 Å². The van der Waals surface area contributed by atoms with E-state index in [1.165, 1.54) is 12.1 Å². The van der Waals surface area contributed by atoms with Crippen LogP contribution in [-0.2, 0) is 4.74 Å². The van der Waals surface area contributed by atoms with Gasteiger partial charge in [-0.25, -0.2) is 9.18 Å². The first-order valence-electron chi connectivity index (χ1n) is 11.2. The van der Waals surface area contributed by atoms with Gasteiger partial charge in [-0.05, 0) is 107 Å². The summed E-state index contributed by atoms with van der Waals surface area (Å²) < 4.78 is 32.7. The third-order valence-corrected chi connectivity index (χ3v) is 7.01. The maximum atomic E-state index is 13.8. The Morgan fingerprint density at radius 2 is 1.86 bits per heavy atom. The number of halogens is 3. The molecule has 0 aliphatic rings. The predicted octanol–water partition coefficient (Wildman–Crippen LogP) is 8.58. The number of esters is 1. The average molecular weight is 696 g/mol. The van der Waals surface area contributed by atoms with Crippen LogP contribution in [0.2, 0.25) is 0 Å². The van der Waals surface area contributed by atoms with Crippen LogP contribution in [0.25, 0.3) is 34.4 Å². The summed E-state index contributed by atoms with van der Waals surface area (Å²) >= 11 is 4.36. The molecule has 0 aliphatic heterocycles. The standard InChI is InChI=1S/C28H23FI2O4/c1-3-12-34-25-7-5-6-22(28(32)33-4-2)21(25)11-10-17-8-9-18(14-23(17)30)26-15-19-13-20(29)16-24(31)27(19)35-26/h5-11,13-16H,3-4,12H2,1-2H3/b11-10+. The van der Waals surface area contributed by atoms with Crippen molar-refractivity contribution in [1.82, 2.24) is 0 Å². The highest BCUT2D eigenvalue weighted by atomic mass is 127. The fourth-order valence-electron chi connectivity index (χ4n) is 3.65. The molecule has 1 aromatic heterocycles. The Hall–Kier alpha value is -2.40. The molecule has 0 atom stereocenters. The van der Waals surface area contributed by atoms with Crippen molar-refractivity contribution in [2.24, 2.45) is 0 Å². The van der Waals surface area contributed by atoms with E-state index in [-0.39, 0.29) is 11.8 Å². The summed E-state index contributed by atoms with van der Waals surface area (Å²) in [5.41, 5.74) is 3.71. The minimum absolute atomic E-state index is 0.283. The SMILES string of the molecule is CCCOc1cccc(C(=O)OCC)c1/C=C/c1ccc(-c2cc3cc(F)cc(I)c3o2)cc1I. The Balaban J connectivity index is 1.67. The first-order valence-corrected chi connectivity index (χ1v) is 13.4. The molecular formula is C28H23FI2O4. The van der Waals surface area contributed by atoms with Crippen LogP contribution in [0.15, 0.2) is 59.0 Å². The van der Waals surface area contributed by atoms with Gasteiger partial charge in [0.2, 0.25) is 0 Å². The molecule has 35 heavy (non-hydrogen) atoms. The van der Waals surface area contributed by atoms with E-state index in [2.05, 4.69) is 45.2 Å². The summed E-state index contributed by atoms with van der Waals surface area (Å²) in [7, 11) is 0. The molecule has 0 bridgehead atoms. The zero-order chi connectivity index (χ0) is 24.9. The van der Waals surface area contributed by atoms with Crippen molar-refractivity contribution in [3.05, 3.63) is 84.2 Å². The van der Waals surface area contributed by atoms with E-state index in [9.17, 15) is 9.18 Å². The van der Waals surface area contributed by atoms with Crippen LogP contribution < -0.4 is 4.74 Å². The molecule has 4 aromatic rings. The molecule has 0 amide bonds. The second-order valence-corrected chi connectivity index (χ2v) is 10.1. The van der Waals surface area contributed by atoms with Crippen molar-refractivity contribution in [2.45, 2.75) is 20.3 Å². The maximum Gasteiger partial charge on any atom is 0.338 e. The van der Waals surface area contributed by atoms with Crippen molar-refractivity contribution >= 4 is 74.3 Å². The van der Waals surface area contributed by atoms with E-state index in [0.29, 0.717) is 41.4 Å². The fraction of sp³-hybridized carbons (Fsp3) is 0.179. The molecule has 0 saturated carbocycles. The van der Waals surface area contributed by atoms with Gasteiger partial charge < -0.3 is 13.9 Å². The highest BCUT2D eigenvalue weighted by molar-refractivity contribution is 14.1. The lowest BCUT2D eigenvalue weighted by atomic mass is 10.0. The van der Waals surface area contributed by atoms with E-state index < -0.39 is 0 Å². The lowest BCUT2D eigenvalue weighted by Crippen LogP contribution is -2.08. The van der Waals surface area contributed by atoms with Crippen molar-refractivity contribution < 1.29 is 23.1 Å². The first-order chi connectivity index (χ1) is 16.9. The molecule has 0 spiro atoms. The number of carbonyl (C=O) groups is 1. The molecule has 0 aliphatic carbocycles. The fourth-order valence-corrected chi connectivity index (χ4v) is 5.06. The Kier molecular flexibility index (Phi) is 8.48. The summed E-state index contributed by atoms with van der Waals surface area (Å²) in [6, 6.07) is 16.2. The van der Waals surface area contributed by atoms with Crippen LogP contribution in [-0.4, -0.2) is 19.2 Å². The summed E-state index contributed by atoms with van der Waals surface area (Å²) in [4.78, 5) is 12.5. The predicted molar refractivity (Wildman–Crippen MR) is 154 cm³/mol. The van der Waals surface area contributed by atoms with Crippen LogP contribution in [0, 0.1) is 13.0 Å². The Morgan fingerprint density at radius 3 is 2.60 bits per heavy atom. The lowest BCUT2D eigenvalue weighted by molar-refractivity contribution is 0.0525. The average Bonchev–Trinajstić information content (AvgIpc) is 3.26. The van der Waals surface area contributed by atoms with Gasteiger partial charge in [0.05, 0.1) is 22.3 Å². The molecule has 0 unspecified atom stereocenters. The van der Waals surface area contributed by atoms with E-state index in [1.807, 2.05) is 49.4 Å². The summed E-state index contributed by atoms with van der Waals surface area (Å²) in [5, 5.41) is 0.735. The second kappa shape index (κ2) is 11.6. The third-order valence-electron chi connectivity index (χ3n) is 5.27. The van der Waals surface area contributed by atoms with E-state index in [1.54, 1.807) is 19.1 Å². The highest BCUT2D eigenvalue weighted by Gasteiger charge is 2.16. The van der Waals surface area contributed by atoms with Gasteiger partial charge in [0.15, 0.2) is 0 Å². The van der Waals surface area contributed by atoms with Crippen molar-refractivity contribution in [2.75, 3.05) is 13.2 Å². The minimum atomic E-state index is -0.380. The first kappa shape index (κ1) is 25.7. The number of ether oxygens (including phenoxy) is 2. The maximum absolute atomic E-state index is 13.8. The van der Waals surface area contributed by atoms with E-state index in [4.69, 9.17) is 13.9 Å². The zero-order valence-electron chi connectivity index (χ0n) is 19.2. The molecule has 0 fully saturated rings. The van der Waals surface area contributed by atoms with Gasteiger partial charge in [-0.1, -0.05) is 31.2 Å². The number of fused-ring (bicyclic) bond motifs is 1. The largest absolute Gasteiger partial charge is 0.493 e. The number of hydrogen-bond acceptors (Lipinski definition) is 4. The summed E-state index contributed by atoms with van der Waals surface area (Å²) in [6.07, 6.45) is 4.71. The van der Waals surface area contributed by atoms with Gasteiger partial charge in [0, 0.05) is 20.1 Å².